The summed E-state index contributed by atoms with van der Waals surface area (Å²) in [4.78, 5) is 13.9. The number of anilines is 1. The predicted octanol–water partition coefficient (Wildman–Crippen LogP) is 3.02. The minimum Gasteiger partial charge on any atom is -0.408 e. The Hall–Kier alpha value is -2.13. The SMILES string of the molecule is O=C(CO[C@H]1C[C@@H](OC(F)(F)F)C1)NC1CC2(C1)CN(c1nnc(C3CC(OC(F)(F)F)C3)o1)C2. The summed E-state index contributed by atoms with van der Waals surface area (Å²) in [6, 6.07) is 0.328. The highest BCUT2D eigenvalue weighted by Crippen LogP contribution is 2.50. The highest BCUT2D eigenvalue weighted by Gasteiger charge is 2.54. The minimum atomic E-state index is -4.66. The van der Waals surface area contributed by atoms with E-state index >= 15 is 0 Å². The van der Waals surface area contributed by atoms with Crippen LogP contribution in [0.1, 0.15) is 50.3 Å². The van der Waals surface area contributed by atoms with Crippen LogP contribution in [0.3, 0.4) is 0 Å². The molecule has 35 heavy (non-hydrogen) atoms. The number of amides is 1. The van der Waals surface area contributed by atoms with Gasteiger partial charge in [-0.25, -0.2) is 0 Å². The maximum Gasteiger partial charge on any atom is 0.522 e. The first-order chi connectivity index (χ1) is 16.3. The molecular weight excluding hydrogens is 490 g/mol. The second kappa shape index (κ2) is 8.76. The molecule has 196 valence electrons. The number of halogens is 6. The lowest BCUT2D eigenvalue weighted by Crippen LogP contribution is -2.67. The molecule has 0 aromatic carbocycles. The Labute approximate surface area is 195 Å². The van der Waals surface area contributed by atoms with Crippen molar-refractivity contribution in [3.8, 4) is 0 Å². The summed E-state index contributed by atoms with van der Waals surface area (Å²) in [5.74, 6) is -0.243. The van der Waals surface area contributed by atoms with Gasteiger partial charge in [0.2, 0.25) is 11.8 Å². The number of aromatic nitrogens is 2. The van der Waals surface area contributed by atoms with Crippen molar-refractivity contribution in [1.82, 2.24) is 15.5 Å². The molecule has 1 aliphatic heterocycles. The number of ether oxygens (including phenoxy) is 3. The van der Waals surface area contributed by atoms with Crippen molar-refractivity contribution in [3.05, 3.63) is 5.89 Å². The second-order valence-corrected chi connectivity index (χ2v) is 9.90. The highest BCUT2D eigenvalue weighted by atomic mass is 19.4. The van der Waals surface area contributed by atoms with Crippen molar-refractivity contribution in [1.29, 1.82) is 0 Å². The number of carbonyl (C=O) groups excluding carboxylic acids is 1. The molecule has 0 radical (unpaired) electrons. The van der Waals surface area contributed by atoms with E-state index < -0.39 is 31.0 Å². The van der Waals surface area contributed by atoms with Crippen LogP contribution < -0.4 is 10.2 Å². The summed E-state index contributed by atoms with van der Waals surface area (Å²) in [5.41, 5.74) is 0.0334. The smallest absolute Gasteiger partial charge is 0.408 e. The molecule has 1 saturated heterocycles. The molecule has 1 amide bonds. The number of alkyl halides is 6. The Morgan fingerprint density at radius 1 is 0.971 bits per heavy atom. The fraction of sp³-hybridized carbons (Fsp3) is 0.850. The normalized spacial score (nSPS) is 30.3. The first-order valence-electron chi connectivity index (χ1n) is 11.3. The lowest BCUT2D eigenvalue weighted by atomic mass is 9.61. The Morgan fingerprint density at radius 2 is 1.57 bits per heavy atom. The van der Waals surface area contributed by atoms with Gasteiger partial charge >= 0.3 is 18.7 Å². The minimum absolute atomic E-state index is 0.00487. The van der Waals surface area contributed by atoms with Crippen molar-refractivity contribution in [2.75, 3.05) is 24.6 Å². The zero-order chi connectivity index (χ0) is 25.0. The lowest BCUT2D eigenvalue weighted by molar-refractivity contribution is -0.357. The van der Waals surface area contributed by atoms with Crippen molar-refractivity contribution in [3.63, 3.8) is 0 Å². The quantitative estimate of drug-likeness (QED) is 0.529. The average Bonchev–Trinajstić information content (AvgIpc) is 3.07. The molecule has 4 aliphatic rings. The molecule has 1 spiro atoms. The van der Waals surface area contributed by atoms with Crippen LogP contribution in [0, 0.1) is 5.41 Å². The van der Waals surface area contributed by atoms with Gasteiger partial charge in [-0.05, 0) is 25.7 Å². The fourth-order valence-electron chi connectivity index (χ4n) is 5.22. The summed E-state index contributed by atoms with van der Waals surface area (Å²) in [5, 5.41) is 10.8. The van der Waals surface area contributed by atoms with E-state index in [1.807, 2.05) is 4.90 Å². The molecular formula is C20H24F6N4O5. The summed E-state index contributed by atoms with van der Waals surface area (Å²) in [6.07, 6.45) is -9.43. The summed E-state index contributed by atoms with van der Waals surface area (Å²) >= 11 is 0. The molecule has 9 nitrogen and oxygen atoms in total. The summed E-state index contributed by atoms with van der Waals surface area (Å²) in [6.45, 7) is 1.13. The Kier molecular flexibility index (Phi) is 6.15. The predicted molar refractivity (Wildman–Crippen MR) is 103 cm³/mol. The molecule has 3 aliphatic carbocycles. The number of hydrogen-bond donors (Lipinski definition) is 1. The van der Waals surface area contributed by atoms with E-state index in [0.29, 0.717) is 25.0 Å². The van der Waals surface area contributed by atoms with Gasteiger partial charge in [-0.1, -0.05) is 5.10 Å². The third kappa shape index (κ3) is 5.82. The molecule has 15 heteroatoms. The van der Waals surface area contributed by atoms with Crippen molar-refractivity contribution < 1.29 is 49.8 Å². The lowest BCUT2D eigenvalue weighted by Gasteiger charge is -2.58. The van der Waals surface area contributed by atoms with Gasteiger partial charge in [0, 0.05) is 43.3 Å². The number of carbonyl (C=O) groups is 1. The number of nitrogens with one attached hydrogen (secondary N) is 1. The molecule has 1 aromatic heterocycles. The van der Waals surface area contributed by atoms with E-state index in [1.54, 1.807) is 0 Å². The highest BCUT2D eigenvalue weighted by molar-refractivity contribution is 5.77. The van der Waals surface area contributed by atoms with Gasteiger partial charge in [0.05, 0.1) is 18.3 Å². The van der Waals surface area contributed by atoms with E-state index in [4.69, 9.17) is 9.15 Å². The van der Waals surface area contributed by atoms with E-state index in [1.165, 1.54) is 0 Å². The zero-order valence-electron chi connectivity index (χ0n) is 18.4. The van der Waals surface area contributed by atoms with Gasteiger partial charge in [-0.2, -0.15) is 0 Å². The Balaban J connectivity index is 0.955. The molecule has 1 aromatic rings. The summed E-state index contributed by atoms with van der Waals surface area (Å²) < 4.78 is 91.8. The van der Waals surface area contributed by atoms with E-state index in [9.17, 15) is 31.1 Å². The third-order valence-corrected chi connectivity index (χ3v) is 7.02. The molecule has 1 N–H and O–H groups in total. The van der Waals surface area contributed by atoms with Crippen LogP contribution >= 0.6 is 0 Å². The number of nitrogens with zero attached hydrogens (tertiary/aromatic N) is 3. The second-order valence-electron chi connectivity index (χ2n) is 9.90. The van der Waals surface area contributed by atoms with Gasteiger partial charge < -0.3 is 19.4 Å². The topological polar surface area (TPSA) is 99.0 Å². The van der Waals surface area contributed by atoms with Gasteiger partial charge in [0.15, 0.2) is 0 Å². The Bertz CT molecular complexity index is 914. The van der Waals surface area contributed by atoms with Gasteiger partial charge in [0.1, 0.15) is 6.61 Å². The van der Waals surface area contributed by atoms with Gasteiger partial charge in [-0.3, -0.25) is 14.3 Å². The number of hydrogen-bond acceptors (Lipinski definition) is 8. The van der Waals surface area contributed by atoms with Crippen LogP contribution in [0.25, 0.3) is 0 Å². The van der Waals surface area contributed by atoms with Gasteiger partial charge in [0.25, 0.3) is 0 Å². The molecule has 3 saturated carbocycles. The number of rotatable bonds is 8. The molecule has 0 bridgehead atoms. The molecule has 0 unspecified atom stereocenters. The third-order valence-electron chi connectivity index (χ3n) is 7.02. The molecule has 5 rings (SSSR count). The standard InChI is InChI=1S/C20H24F6N4O5/c21-19(22,23)34-13-1-10(2-13)16-28-29-17(33-16)30-8-18(9-30)5-11(6-18)27-15(31)7-32-12-3-14(4-12)35-20(24,25)26/h10-14H,1-9H2,(H,27,31)/t10?,12-,13?,14+. The molecule has 2 heterocycles. The van der Waals surface area contributed by atoms with Crippen molar-refractivity contribution in [2.45, 2.75) is 81.5 Å². The van der Waals surface area contributed by atoms with Crippen LogP contribution in [-0.2, 0) is 19.0 Å². The van der Waals surface area contributed by atoms with E-state index in [0.717, 1.165) is 12.8 Å². The van der Waals surface area contributed by atoms with Gasteiger partial charge in [-0.15, -0.1) is 31.4 Å². The largest absolute Gasteiger partial charge is 0.522 e. The van der Waals surface area contributed by atoms with Crippen molar-refractivity contribution in [2.24, 2.45) is 5.41 Å². The molecule has 0 atom stereocenters. The summed E-state index contributed by atoms with van der Waals surface area (Å²) in [7, 11) is 0. The van der Waals surface area contributed by atoms with Crippen LogP contribution in [0.15, 0.2) is 4.42 Å². The maximum atomic E-state index is 12.2. The van der Waals surface area contributed by atoms with Crippen LogP contribution in [0.5, 0.6) is 0 Å². The fourth-order valence-corrected chi connectivity index (χ4v) is 5.22. The van der Waals surface area contributed by atoms with Crippen LogP contribution in [0.4, 0.5) is 32.4 Å². The van der Waals surface area contributed by atoms with E-state index in [2.05, 4.69) is 25.0 Å². The van der Waals surface area contributed by atoms with Crippen LogP contribution in [-0.4, -0.2) is 72.9 Å². The molecule has 4 fully saturated rings. The van der Waals surface area contributed by atoms with E-state index in [-0.39, 0.29) is 55.6 Å². The zero-order valence-corrected chi connectivity index (χ0v) is 18.4. The first kappa shape index (κ1) is 24.6. The maximum absolute atomic E-state index is 12.2. The van der Waals surface area contributed by atoms with Crippen molar-refractivity contribution >= 4 is 11.9 Å². The van der Waals surface area contributed by atoms with Crippen LogP contribution in [0.2, 0.25) is 0 Å². The Morgan fingerprint density at radius 3 is 2.17 bits per heavy atom. The average molecular weight is 514 g/mol. The first-order valence-corrected chi connectivity index (χ1v) is 11.3. The monoisotopic (exact) mass is 514 g/mol.